The highest BCUT2D eigenvalue weighted by molar-refractivity contribution is 7.92. The largest absolute Gasteiger partial charge is 0.482 e. The predicted molar refractivity (Wildman–Crippen MR) is 171 cm³/mol. The Morgan fingerprint density at radius 3 is 2.09 bits per heavy atom. The third-order valence-corrected chi connectivity index (χ3v) is 9.25. The van der Waals surface area contributed by atoms with E-state index in [1.54, 1.807) is 30.3 Å². The minimum absolute atomic E-state index is 0.0638. The molecule has 1 atom stereocenters. The minimum Gasteiger partial charge on any atom is -0.402 e. The molecule has 1 unspecified atom stereocenters. The highest BCUT2D eigenvalue weighted by Gasteiger charge is 2.54. The molecule has 1 saturated heterocycles. The number of pyridine rings is 1. The highest BCUT2D eigenvalue weighted by atomic mass is 32.2. The van der Waals surface area contributed by atoms with Gasteiger partial charge in [-0.05, 0) is 75.1 Å². The summed E-state index contributed by atoms with van der Waals surface area (Å²) < 4.78 is 41.5. The number of aromatic amines is 1. The van der Waals surface area contributed by atoms with Gasteiger partial charge in [-0.25, -0.2) is 8.42 Å². The lowest BCUT2D eigenvalue weighted by atomic mass is 9.72. The number of nitrogens with one attached hydrogen (secondary N) is 4. The third kappa shape index (κ3) is 7.40. The number of hydrogen-bond donors (Lipinski definition) is 4. The summed E-state index contributed by atoms with van der Waals surface area (Å²) in [6.07, 6.45) is -0.300. The van der Waals surface area contributed by atoms with E-state index in [9.17, 15) is 22.8 Å². The normalized spacial score (nSPS) is 16.4. The Bertz CT molecular complexity index is 1670. The molecule has 44 heavy (non-hydrogen) atoms. The fourth-order valence-corrected chi connectivity index (χ4v) is 5.85. The molecule has 1 aliphatic heterocycles. The van der Waals surface area contributed by atoms with E-state index in [1.807, 2.05) is 47.6 Å². The topological polar surface area (TPSA) is 156 Å². The average Bonchev–Trinajstić information content (AvgIpc) is 3.15. The Kier molecular flexibility index (Phi) is 9.43. The van der Waals surface area contributed by atoms with Crippen LogP contribution in [0.4, 0.5) is 11.4 Å². The maximum atomic E-state index is 13.5. The van der Waals surface area contributed by atoms with Gasteiger partial charge in [0.25, 0.3) is 15.6 Å². The van der Waals surface area contributed by atoms with Gasteiger partial charge in [-0.1, -0.05) is 44.2 Å². The molecule has 11 nitrogen and oxygen atoms in total. The zero-order valence-electron chi connectivity index (χ0n) is 26.0. The summed E-state index contributed by atoms with van der Waals surface area (Å²) in [5.41, 5.74) is -0.474. The molecule has 234 valence electrons. The van der Waals surface area contributed by atoms with Gasteiger partial charge in [0.2, 0.25) is 11.8 Å². The van der Waals surface area contributed by atoms with E-state index in [1.165, 1.54) is 31.2 Å². The van der Waals surface area contributed by atoms with Crippen LogP contribution in [0.2, 0.25) is 0 Å². The second kappa shape index (κ2) is 12.6. The Morgan fingerprint density at radius 1 is 0.955 bits per heavy atom. The number of carbonyl (C=O) groups is 2. The van der Waals surface area contributed by atoms with Crippen LogP contribution < -0.4 is 20.9 Å². The molecule has 0 saturated carbocycles. The summed E-state index contributed by atoms with van der Waals surface area (Å²) in [5.74, 6) is -1.32. The van der Waals surface area contributed by atoms with Crippen molar-refractivity contribution in [1.29, 1.82) is 0 Å². The quantitative estimate of drug-likeness (QED) is 0.248. The molecule has 13 heteroatoms. The van der Waals surface area contributed by atoms with Crippen LogP contribution in [0.25, 0.3) is 11.3 Å². The molecule has 0 spiro atoms. The molecule has 2 amide bonds. The monoisotopic (exact) mass is 622 g/mol. The third-order valence-electron chi connectivity index (χ3n) is 7.88. The molecule has 4 N–H and O–H groups in total. The smallest absolute Gasteiger partial charge is 0.402 e. The number of benzene rings is 2. The molecule has 1 aromatic heterocycles. The van der Waals surface area contributed by atoms with Crippen molar-refractivity contribution in [1.82, 2.24) is 10.3 Å². The first kappa shape index (κ1) is 33.0. The van der Waals surface area contributed by atoms with Crippen LogP contribution in [0.5, 0.6) is 0 Å². The van der Waals surface area contributed by atoms with Gasteiger partial charge in [0, 0.05) is 18.3 Å². The maximum absolute atomic E-state index is 13.5. The number of sulfonamides is 1. The van der Waals surface area contributed by atoms with Gasteiger partial charge in [0.15, 0.2) is 0 Å². The van der Waals surface area contributed by atoms with Gasteiger partial charge in [-0.15, -0.1) is 0 Å². The van der Waals surface area contributed by atoms with E-state index in [4.69, 9.17) is 9.31 Å². The summed E-state index contributed by atoms with van der Waals surface area (Å²) in [6.45, 7) is 12.9. The van der Waals surface area contributed by atoms with Gasteiger partial charge in [-0.2, -0.15) is 0 Å². The van der Waals surface area contributed by atoms with Gasteiger partial charge in [0.1, 0.15) is 5.69 Å². The molecule has 2 aromatic carbocycles. The minimum atomic E-state index is -4.25. The zero-order valence-corrected chi connectivity index (χ0v) is 26.8. The number of aromatic nitrogens is 1. The second-order valence-corrected chi connectivity index (χ2v) is 13.9. The average molecular weight is 623 g/mol. The lowest BCUT2D eigenvalue weighted by Crippen LogP contribution is -2.51. The van der Waals surface area contributed by atoms with Crippen molar-refractivity contribution in [2.24, 2.45) is 5.92 Å². The molecule has 0 aliphatic carbocycles. The SMILES string of the molecule is CC(=O)Nc1ccc(S(=O)(=O)Nc2c(CC(=O)NC(B3OC(C)(C)C(C)(C)O3)C(C)C)cc(-c3ccccc3)[nH]c2=O)cc1. The van der Waals surface area contributed by atoms with Crippen molar-refractivity contribution >= 4 is 40.3 Å². The standard InChI is InChI=1S/C31H39BN4O7S/c1-19(2)28(32-42-30(4,5)31(6,7)43-32)35-26(38)18-22-17-25(21-11-9-8-10-12-21)34-29(39)27(22)36-44(40,41)24-15-13-23(14-16-24)33-20(3)37/h8-17,19,28,36H,18H2,1-7H3,(H,33,37)(H,34,39)(H,35,38). The predicted octanol–water partition coefficient (Wildman–Crippen LogP) is 4.12. The summed E-state index contributed by atoms with van der Waals surface area (Å²) >= 11 is 0. The van der Waals surface area contributed by atoms with E-state index in [-0.39, 0.29) is 34.4 Å². The Balaban J connectivity index is 1.66. The van der Waals surface area contributed by atoms with E-state index >= 15 is 0 Å². The molecule has 0 bridgehead atoms. The van der Waals surface area contributed by atoms with E-state index in [2.05, 4.69) is 20.3 Å². The van der Waals surface area contributed by atoms with Crippen LogP contribution in [-0.2, 0) is 35.3 Å². The fourth-order valence-electron chi connectivity index (χ4n) is 4.75. The van der Waals surface area contributed by atoms with Gasteiger partial charge < -0.3 is 24.9 Å². The number of amides is 2. The Hall–Kier alpha value is -3.94. The fraction of sp³-hybridized carbons (Fsp3) is 0.387. The molecule has 0 radical (unpaired) electrons. The summed E-state index contributed by atoms with van der Waals surface area (Å²) in [7, 11) is -4.95. The van der Waals surface area contributed by atoms with Crippen molar-refractivity contribution in [3.05, 3.63) is 76.6 Å². The van der Waals surface area contributed by atoms with Crippen LogP contribution in [0, 0.1) is 5.92 Å². The van der Waals surface area contributed by atoms with Crippen molar-refractivity contribution in [2.45, 2.75) is 76.9 Å². The molecular formula is C31H39BN4O7S. The van der Waals surface area contributed by atoms with Crippen LogP contribution in [-0.4, -0.2) is 49.5 Å². The number of hydrogen-bond acceptors (Lipinski definition) is 7. The molecule has 1 aliphatic rings. The molecule has 3 aromatic rings. The van der Waals surface area contributed by atoms with Crippen molar-refractivity contribution < 1.29 is 27.3 Å². The lowest BCUT2D eigenvalue weighted by molar-refractivity contribution is -0.121. The molecule has 2 heterocycles. The van der Waals surface area contributed by atoms with Crippen molar-refractivity contribution in [3.8, 4) is 11.3 Å². The van der Waals surface area contributed by atoms with E-state index in [0.717, 1.165) is 0 Å². The van der Waals surface area contributed by atoms with E-state index < -0.39 is 45.8 Å². The van der Waals surface area contributed by atoms with Crippen LogP contribution in [0.1, 0.15) is 54.0 Å². The summed E-state index contributed by atoms with van der Waals surface area (Å²) in [4.78, 5) is 40.9. The molecule has 1 fully saturated rings. The number of carbonyl (C=O) groups excluding carboxylic acids is 2. The lowest BCUT2D eigenvalue weighted by Gasteiger charge is -2.32. The first-order valence-electron chi connectivity index (χ1n) is 14.4. The number of H-pyrrole nitrogens is 1. The Morgan fingerprint density at radius 2 is 1.55 bits per heavy atom. The van der Waals surface area contributed by atoms with Crippen molar-refractivity contribution in [2.75, 3.05) is 10.0 Å². The van der Waals surface area contributed by atoms with Crippen LogP contribution in [0.15, 0.2) is 70.4 Å². The first-order chi connectivity index (χ1) is 20.5. The molecular weight excluding hydrogens is 583 g/mol. The van der Waals surface area contributed by atoms with Crippen LogP contribution >= 0.6 is 0 Å². The summed E-state index contributed by atoms with van der Waals surface area (Å²) in [6, 6.07) is 16.1. The Labute approximate surface area is 258 Å². The number of rotatable bonds is 10. The number of anilines is 2. The first-order valence-corrected chi connectivity index (χ1v) is 15.8. The highest BCUT2D eigenvalue weighted by Crippen LogP contribution is 2.38. The van der Waals surface area contributed by atoms with Gasteiger partial charge in [0.05, 0.1) is 28.5 Å². The zero-order chi connectivity index (χ0) is 32.4. The van der Waals surface area contributed by atoms with Crippen LogP contribution in [0.3, 0.4) is 0 Å². The second-order valence-electron chi connectivity index (χ2n) is 12.2. The summed E-state index contributed by atoms with van der Waals surface area (Å²) in [5, 5.41) is 5.57. The van der Waals surface area contributed by atoms with E-state index in [0.29, 0.717) is 16.9 Å². The molecule has 4 rings (SSSR count). The van der Waals surface area contributed by atoms with Crippen molar-refractivity contribution in [3.63, 3.8) is 0 Å². The van der Waals surface area contributed by atoms with Gasteiger partial charge in [-0.3, -0.25) is 19.1 Å². The van der Waals surface area contributed by atoms with Gasteiger partial charge >= 0.3 is 7.12 Å². The maximum Gasteiger partial charge on any atom is 0.482 e.